The Labute approximate surface area is 162 Å². The number of methoxy groups -OCH3 is 1. The number of amides is 1. The van der Waals surface area contributed by atoms with Gasteiger partial charge in [0.1, 0.15) is 11.5 Å². The molecule has 5 nitrogen and oxygen atoms in total. The Morgan fingerprint density at radius 3 is 2.68 bits per heavy atom. The number of halogens is 1. The maximum atomic E-state index is 14.2. The van der Waals surface area contributed by atoms with E-state index in [1.807, 2.05) is 42.8 Å². The van der Waals surface area contributed by atoms with Gasteiger partial charge in [0.05, 0.1) is 28.8 Å². The molecule has 28 heavy (non-hydrogen) atoms. The molecular formula is C22H22FN3O2. The number of hydrogen-bond donors (Lipinski definition) is 1. The van der Waals surface area contributed by atoms with Crippen molar-refractivity contribution in [3.63, 3.8) is 0 Å². The number of nitrogens with one attached hydrogen (secondary N) is 1. The molecule has 4 rings (SSSR count). The van der Waals surface area contributed by atoms with Crippen LogP contribution in [0.5, 0.6) is 0 Å². The molecule has 0 spiro atoms. The second-order valence-electron chi connectivity index (χ2n) is 6.92. The molecule has 2 heterocycles. The zero-order valence-corrected chi connectivity index (χ0v) is 16.1. The largest absolute Gasteiger partial charge is 0.383 e. The molecule has 0 atom stereocenters. The second-order valence-corrected chi connectivity index (χ2v) is 6.92. The highest BCUT2D eigenvalue weighted by Gasteiger charge is 2.21. The molecule has 1 N–H and O–H groups in total. The summed E-state index contributed by atoms with van der Waals surface area (Å²) in [5, 5.41) is 3.77. The topological polar surface area (TPSA) is 48.2 Å². The highest BCUT2D eigenvalue weighted by atomic mass is 19.1. The predicted molar refractivity (Wildman–Crippen MR) is 109 cm³/mol. The van der Waals surface area contributed by atoms with E-state index in [-0.39, 0.29) is 11.6 Å². The number of nitrogens with zero attached hydrogens (tertiary/aromatic N) is 2. The second kappa shape index (κ2) is 7.13. The fraction of sp³-hybridized carbons (Fsp3) is 0.227. The number of aromatic nitrogens is 2. The molecule has 4 aromatic rings. The van der Waals surface area contributed by atoms with E-state index in [1.165, 1.54) is 6.07 Å². The van der Waals surface area contributed by atoms with E-state index in [0.29, 0.717) is 18.8 Å². The van der Waals surface area contributed by atoms with Crippen molar-refractivity contribution in [1.29, 1.82) is 0 Å². The molecule has 1 amide bonds. The summed E-state index contributed by atoms with van der Waals surface area (Å²) >= 11 is 0. The van der Waals surface area contributed by atoms with E-state index in [4.69, 9.17) is 4.74 Å². The van der Waals surface area contributed by atoms with Crippen LogP contribution in [-0.2, 0) is 18.3 Å². The van der Waals surface area contributed by atoms with Gasteiger partial charge in [-0.25, -0.2) is 4.39 Å². The summed E-state index contributed by atoms with van der Waals surface area (Å²) in [6.45, 7) is 2.79. The third-order valence-corrected chi connectivity index (χ3v) is 5.08. The fourth-order valence-electron chi connectivity index (χ4n) is 3.68. The summed E-state index contributed by atoms with van der Waals surface area (Å²) in [4.78, 5) is 13.0. The van der Waals surface area contributed by atoms with Crippen molar-refractivity contribution < 1.29 is 13.9 Å². The van der Waals surface area contributed by atoms with Crippen LogP contribution in [0.25, 0.3) is 21.9 Å². The number of hydrogen-bond acceptors (Lipinski definition) is 2. The molecule has 0 saturated heterocycles. The zero-order valence-electron chi connectivity index (χ0n) is 16.1. The fourth-order valence-corrected chi connectivity index (χ4v) is 3.68. The maximum Gasteiger partial charge on any atom is 0.272 e. The molecule has 0 saturated carbocycles. The number of carbonyl (C=O) groups is 1. The molecule has 0 bridgehead atoms. The van der Waals surface area contributed by atoms with E-state index < -0.39 is 5.82 Å². The van der Waals surface area contributed by atoms with Crippen molar-refractivity contribution in [2.45, 2.75) is 13.5 Å². The van der Waals surface area contributed by atoms with Gasteiger partial charge in [-0.1, -0.05) is 24.3 Å². The van der Waals surface area contributed by atoms with E-state index >= 15 is 0 Å². The minimum atomic E-state index is -0.446. The highest BCUT2D eigenvalue weighted by molar-refractivity contribution is 6.12. The van der Waals surface area contributed by atoms with Gasteiger partial charge >= 0.3 is 0 Å². The number of fused-ring (bicyclic) bond motifs is 3. The first-order valence-electron chi connectivity index (χ1n) is 9.14. The summed E-state index contributed by atoms with van der Waals surface area (Å²) in [6, 6.07) is 14.7. The molecule has 0 aliphatic heterocycles. The summed E-state index contributed by atoms with van der Waals surface area (Å²) in [5.74, 6) is -0.794. The van der Waals surface area contributed by atoms with Gasteiger partial charge in [-0.05, 0) is 36.8 Å². The van der Waals surface area contributed by atoms with Gasteiger partial charge in [0, 0.05) is 26.1 Å². The smallest absolute Gasteiger partial charge is 0.272 e. The molecule has 6 heteroatoms. The lowest BCUT2D eigenvalue weighted by Gasteiger charge is -2.11. The van der Waals surface area contributed by atoms with Gasteiger partial charge in [0.15, 0.2) is 0 Å². The van der Waals surface area contributed by atoms with Crippen molar-refractivity contribution in [2.24, 2.45) is 7.05 Å². The van der Waals surface area contributed by atoms with Crippen LogP contribution in [0.1, 0.15) is 16.1 Å². The SMILES string of the molecule is COCCn1c(C(=O)Nc2ccc(C)cc2F)cc2c1c1ccccc1n2C. The molecule has 0 aliphatic rings. The van der Waals surface area contributed by atoms with Gasteiger partial charge < -0.3 is 19.2 Å². The first-order chi connectivity index (χ1) is 13.5. The van der Waals surface area contributed by atoms with Gasteiger partial charge in [-0.3, -0.25) is 4.79 Å². The Morgan fingerprint density at radius 1 is 1.14 bits per heavy atom. The van der Waals surface area contributed by atoms with E-state index in [2.05, 4.69) is 16.0 Å². The minimum Gasteiger partial charge on any atom is -0.383 e. The van der Waals surface area contributed by atoms with Crippen LogP contribution in [0.15, 0.2) is 48.5 Å². The van der Waals surface area contributed by atoms with Crippen molar-refractivity contribution in [1.82, 2.24) is 9.13 Å². The molecule has 0 radical (unpaired) electrons. The Balaban J connectivity index is 1.83. The predicted octanol–water partition coefficient (Wildman–Crippen LogP) is 4.48. The Hall–Kier alpha value is -3.12. The van der Waals surface area contributed by atoms with E-state index in [0.717, 1.165) is 27.5 Å². The number of benzene rings is 2. The Bertz CT molecular complexity index is 1190. The number of aryl methyl sites for hydroxylation is 2. The zero-order chi connectivity index (χ0) is 19.8. The van der Waals surface area contributed by atoms with Crippen LogP contribution >= 0.6 is 0 Å². The summed E-state index contributed by atoms with van der Waals surface area (Å²) < 4.78 is 23.5. The van der Waals surface area contributed by atoms with Gasteiger partial charge in [-0.2, -0.15) is 0 Å². The van der Waals surface area contributed by atoms with E-state index in [1.54, 1.807) is 19.2 Å². The first kappa shape index (κ1) is 18.3. The molecule has 2 aromatic heterocycles. The average molecular weight is 379 g/mol. The average Bonchev–Trinajstić information content (AvgIpc) is 3.19. The lowest BCUT2D eigenvalue weighted by molar-refractivity contribution is 0.101. The molecule has 0 unspecified atom stereocenters. The maximum absolute atomic E-state index is 14.2. The Kier molecular flexibility index (Phi) is 4.65. The van der Waals surface area contributed by atoms with Crippen LogP contribution in [0, 0.1) is 12.7 Å². The number of rotatable bonds is 5. The van der Waals surface area contributed by atoms with Crippen molar-refractivity contribution >= 4 is 33.5 Å². The summed E-state index contributed by atoms with van der Waals surface area (Å²) in [6.07, 6.45) is 0. The number of anilines is 1. The first-order valence-corrected chi connectivity index (χ1v) is 9.14. The van der Waals surface area contributed by atoms with Gasteiger partial charge in [0.2, 0.25) is 0 Å². The summed E-state index contributed by atoms with van der Waals surface area (Å²) in [5.41, 5.74) is 4.47. The molecule has 0 fully saturated rings. The summed E-state index contributed by atoms with van der Waals surface area (Å²) in [7, 11) is 3.61. The molecule has 0 aliphatic carbocycles. The molecule has 2 aromatic carbocycles. The molecular weight excluding hydrogens is 357 g/mol. The van der Waals surface area contributed by atoms with Crippen LogP contribution in [0.2, 0.25) is 0 Å². The Morgan fingerprint density at radius 2 is 1.93 bits per heavy atom. The van der Waals surface area contributed by atoms with E-state index in [9.17, 15) is 9.18 Å². The van der Waals surface area contributed by atoms with Crippen molar-refractivity contribution in [2.75, 3.05) is 19.0 Å². The highest BCUT2D eigenvalue weighted by Crippen LogP contribution is 2.31. The van der Waals surface area contributed by atoms with Crippen LogP contribution in [-0.4, -0.2) is 28.8 Å². The lowest BCUT2D eigenvalue weighted by Crippen LogP contribution is -2.19. The van der Waals surface area contributed by atoms with Crippen LogP contribution in [0.3, 0.4) is 0 Å². The lowest BCUT2D eigenvalue weighted by atomic mass is 10.2. The normalized spacial score (nSPS) is 11.4. The van der Waals surface area contributed by atoms with Crippen molar-refractivity contribution in [3.05, 3.63) is 65.6 Å². The molecule has 144 valence electrons. The third kappa shape index (κ3) is 2.96. The number of para-hydroxylation sites is 1. The van der Waals surface area contributed by atoms with Gasteiger partial charge in [0.25, 0.3) is 5.91 Å². The van der Waals surface area contributed by atoms with Crippen LogP contribution < -0.4 is 5.32 Å². The van der Waals surface area contributed by atoms with Crippen LogP contribution in [0.4, 0.5) is 10.1 Å². The number of carbonyl (C=O) groups excluding carboxylic acids is 1. The monoisotopic (exact) mass is 379 g/mol. The standard InChI is InChI=1S/C22H22FN3O2/c1-14-8-9-17(16(23)12-14)24-22(27)20-13-19-21(26(20)10-11-28-3)15-6-4-5-7-18(15)25(19)2/h4-9,12-13H,10-11H2,1-3H3,(H,24,27). The third-order valence-electron chi connectivity index (χ3n) is 5.08. The van der Waals surface area contributed by atoms with Crippen molar-refractivity contribution in [3.8, 4) is 0 Å². The number of ether oxygens (including phenoxy) is 1. The minimum absolute atomic E-state index is 0.170. The van der Waals surface area contributed by atoms with Gasteiger partial charge in [-0.15, -0.1) is 0 Å². The quantitative estimate of drug-likeness (QED) is 0.556.